The van der Waals surface area contributed by atoms with Gasteiger partial charge in [0.05, 0.1) is 0 Å². The molecule has 3 heteroatoms. The van der Waals surface area contributed by atoms with Crippen LogP contribution in [0.2, 0.25) is 16.6 Å². The van der Waals surface area contributed by atoms with E-state index in [2.05, 4.69) is 48.5 Å². The van der Waals surface area contributed by atoms with E-state index >= 15 is 0 Å². The summed E-state index contributed by atoms with van der Waals surface area (Å²) in [5, 5.41) is 0. The second-order valence-electron chi connectivity index (χ2n) is 7.31. The molecule has 126 valence electrons. The van der Waals surface area contributed by atoms with Crippen molar-refractivity contribution in [2.45, 2.75) is 110 Å². The molecule has 0 fully saturated rings. The smallest absolute Gasteiger partial charge is 0.201 e. The van der Waals surface area contributed by atoms with Crippen molar-refractivity contribution in [3.05, 3.63) is 0 Å². The van der Waals surface area contributed by atoms with E-state index in [9.17, 15) is 4.79 Å². The molecule has 0 amide bonds. The minimum absolute atomic E-state index is 0.189. The second kappa shape index (κ2) is 10.6. The van der Waals surface area contributed by atoms with Crippen LogP contribution in [0, 0.1) is 0 Å². The summed E-state index contributed by atoms with van der Waals surface area (Å²) in [7, 11) is -1.92. The molecule has 0 aliphatic heterocycles. The van der Waals surface area contributed by atoms with E-state index in [1.54, 1.807) is 0 Å². The fourth-order valence-corrected chi connectivity index (χ4v) is 9.29. The van der Waals surface area contributed by atoms with Gasteiger partial charge in [0.2, 0.25) is 8.32 Å². The first kappa shape index (κ1) is 20.8. The van der Waals surface area contributed by atoms with Crippen LogP contribution in [-0.2, 0) is 9.22 Å². The Morgan fingerprint density at radius 3 is 1.71 bits per heavy atom. The molecule has 0 N–H and O–H groups in total. The average Bonchev–Trinajstić information content (AvgIpc) is 2.40. The van der Waals surface area contributed by atoms with Gasteiger partial charge in [-0.1, -0.05) is 80.6 Å². The minimum Gasteiger partial charge on any atom is -0.406 e. The fraction of sp³-hybridized carbons (Fsp3) is 0.944. The maximum absolute atomic E-state index is 11.5. The Kier molecular flexibility index (Phi) is 10.5. The molecule has 1 atom stereocenters. The van der Waals surface area contributed by atoms with Crippen molar-refractivity contribution in [2.24, 2.45) is 0 Å². The van der Waals surface area contributed by atoms with Crippen molar-refractivity contribution in [2.75, 3.05) is 0 Å². The van der Waals surface area contributed by atoms with Gasteiger partial charge in [0.15, 0.2) is 0 Å². The normalized spacial score (nSPS) is 14.2. The first-order valence-corrected chi connectivity index (χ1v) is 11.1. The van der Waals surface area contributed by atoms with Crippen LogP contribution in [0.15, 0.2) is 0 Å². The van der Waals surface area contributed by atoms with E-state index in [1.807, 2.05) is 0 Å². The van der Waals surface area contributed by atoms with Gasteiger partial charge >= 0.3 is 0 Å². The number of hydrogen-bond donors (Lipinski definition) is 0. The Labute approximate surface area is 134 Å². The monoisotopic (exact) mass is 314 g/mol. The van der Waals surface area contributed by atoms with E-state index in [0.717, 1.165) is 19.1 Å². The zero-order chi connectivity index (χ0) is 16.5. The molecule has 0 aromatic rings. The second-order valence-corrected chi connectivity index (χ2v) is 12.7. The first-order valence-electron chi connectivity index (χ1n) is 8.95. The Bertz CT molecular complexity index is 253. The topological polar surface area (TPSA) is 26.3 Å². The number of aldehydes is 1. The Balaban J connectivity index is 4.68. The summed E-state index contributed by atoms with van der Waals surface area (Å²) < 4.78 is 6.55. The zero-order valence-corrected chi connectivity index (χ0v) is 16.4. The van der Waals surface area contributed by atoms with Gasteiger partial charge in [-0.05, 0) is 23.0 Å². The van der Waals surface area contributed by atoms with Gasteiger partial charge in [-0.15, -0.1) is 0 Å². The number of hydrogen-bond acceptors (Lipinski definition) is 2. The Morgan fingerprint density at radius 1 is 0.857 bits per heavy atom. The third-order valence-electron chi connectivity index (χ3n) is 4.81. The van der Waals surface area contributed by atoms with Gasteiger partial charge in [-0.3, -0.25) is 0 Å². The summed E-state index contributed by atoms with van der Waals surface area (Å²) >= 11 is 0. The molecular formula is C18H38O2Si. The molecule has 2 nitrogen and oxygen atoms in total. The maximum Gasteiger partial charge on any atom is 0.201 e. The van der Waals surface area contributed by atoms with Crippen LogP contribution in [0.4, 0.5) is 0 Å². The maximum atomic E-state index is 11.5. The number of unbranched alkanes of at least 4 members (excludes halogenated alkanes) is 4. The molecule has 0 bridgehead atoms. The average molecular weight is 315 g/mol. The predicted molar refractivity (Wildman–Crippen MR) is 95.4 cm³/mol. The molecule has 21 heavy (non-hydrogen) atoms. The Hall–Kier alpha value is -0.153. The molecule has 0 radical (unpaired) electrons. The lowest BCUT2D eigenvalue weighted by molar-refractivity contribution is -0.114. The molecular weight excluding hydrogens is 276 g/mol. The standard InChI is InChI=1S/C18H38O2Si/c1-8-9-10-11-12-13-18(14-19)20-21(15(2)3,16(4)5)17(6)7/h14-18H,8-13H2,1-7H3. The van der Waals surface area contributed by atoms with Crippen molar-refractivity contribution >= 4 is 14.6 Å². The number of carbonyl (C=O) groups excluding carboxylic acids is 1. The lowest BCUT2D eigenvalue weighted by Crippen LogP contribution is -2.50. The van der Waals surface area contributed by atoms with E-state index in [0.29, 0.717) is 16.6 Å². The van der Waals surface area contributed by atoms with Crippen LogP contribution in [0.25, 0.3) is 0 Å². The summed E-state index contributed by atoms with van der Waals surface area (Å²) in [6, 6.07) is 0. The zero-order valence-electron chi connectivity index (χ0n) is 15.4. The van der Waals surface area contributed by atoms with Crippen molar-refractivity contribution < 1.29 is 9.22 Å². The SMILES string of the molecule is CCCCCCCC(C=O)O[Si](C(C)C)(C(C)C)C(C)C. The van der Waals surface area contributed by atoms with Crippen LogP contribution in [-0.4, -0.2) is 20.7 Å². The molecule has 0 aliphatic carbocycles. The largest absolute Gasteiger partial charge is 0.406 e. The highest BCUT2D eigenvalue weighted by molar-refractivity contribution is 6.77. The van der Waals surface area contributed by atoms with Gasteiger partial charge in [-0.2, -0.15) is 0 Å². The van der Waals surface area contributed by atoms with Crippen LogP contribution < -0.4 is 0 Å². The van der Waals surface area contributed by atoms with Crippen molar-refractivity contribution in [1.29, 1.82) is 0 Å². The molecule has 0 spiro atoms. The molecule has 0 aliphatic rings. The molecule has 0 saturated carbocycles. The van der Waals surface area contributed by atoms with Gasteiger partial charge in [-0.25, -0.2) is 0 Å². The predicted octanol–water partition coefficient (Wildman–Crippen LogP) is 6.11. The first-order chi connectivity index (χ1) is 9.82. The summed E-state index contributed by atoms with van der Waals surface area (Å²) in [6.45, 7) is 15.9. The molecule has 0 aromatic heterocycles. The van der Waals surface area contributed by atoms with Gasteiger partial charge in [0, 0.05) is 0 Å². The molecule has 0 heterocycles. The molecule has 0 aromatic carbocycles. The van der Waals surface area contributed by atoms with Gasteiger partial charge in [0.1, 0.15) is 12.4 Å². The highest BCUT2D eigenvalue weighted by atomic mass is 28.4. The van der Waals surface area contributed by atoms with E-state index < -0.39 is 8.32 Å². The number of carbonyl (C=O) groups is 1. The summed E-state index contributed by atoms with van der Waals surface area (Å²) in [5.74, 6) is 0. The minimum atomic E-state index is -1.92. The summed E-state index contributed by atoms with van der Waals surface area (Å²) in [5.41, 5.74) is 1.63. The van der Waals surface area contributed by atoms with Crippen molar-refractivity contribution in [3.63, 3.8) is 0 Å². The highest BCUT2D eigenvalue weighted by Crippen LogP contribution is 2.43. The van der Waals surface area contributed by atoms with Crippen LogP contribution in [0.3, 0.4) is 0 Å². The number of rotatable bonds is 12. The van der Waals surface area contributed by atoms with E-state index in [-0.39, 0.29) is 6.10 Å². The van der Waals surface area contributed by atoms with E-state index in [4.69, 9.17) is 4.43 Å². The summed E-state index contributed by atoms with van der Waals surface area (Å²) in [6.07, 6.45) is 7.94. The van der Waals surface area contributed by atoms with Gasteiger partial charge < -0.3 is 9.22 Å². The quantitative estimate of drug-likeness (QED) is 0.247. The van der Waals surface area contributed by atoms with Crippen LogP contribution in [0.1, 0.15) is 87.0 Å². The van der Waals surface area contributed by atoms with Crippen LogP contribution >= 0.6 is 0 Å². The molecule has 0 saturated heterocycles. The molecule has 1 unspecified atom stereocenters. The highest BCUT2D eigenvalue weighted by Gasteiger charge is 2.46. The third kappa shape index (κ3) is 6.23. The fourth-order valence-electron chi connectivity index (χ4n) is 3.77. The van der Waals surface area contributed by atoms with Gasteiger partial charge in [0.25, 0.3) is 0 Å². The van der Waals surface area contributed by atoms with Crippen LogP contribution in [0.5, 0.6) is 0 Å². The third-order valence-corrected chi connectivity index (χ3v) is 10.9. The lowest BCUT2D eigenvalue weighted by atomic mass is 10.1. The Morgan fingerprint density at radius 2 is 1.33 bits per heavy atom. The lowest BCUT2D eigenvalue weighted by Gasteiger charge is -2.43. The van der Waals surface area contributed by atoms with Crippen molar-refractivity contribution in [3.8, 4) is 0 Å². The molecule has 0 rings (SSSR count). The van der Waals surface area contributed by atoms with E-state index in [1.165, 1.54) is 25.7 Å². The van der Waals surface area contributed by atoms with Crippen molar-refractivity contribution in [1.82, 2.24) is 0 Å². The summed E-state index contributed by atoms with van der Waals surface area (Å²) in [4.78, 5) is 11.5.